The number of hydrogen-bond donors (Lipinski definition) is 1. The molecule has 0 spiro atoms. The Morgan fingerprint density at radius 1 is 0.912 bits per heavy atom. The second kappa shape index (κ2) is 12.8. The molecule has 0 radical (unpaired) electrons. The van der Waals surface area contributed by atoms with Crippen molar-refractivity contribution < 1.29 is 9.59 Å². The predicted octanol–water partition coefficient (Wildman–Crippen LogP) is 5.69. The van der Waals surface area contributed by atoms with Crippen LogP contribution in [-0.2, 0) is 28.3 Å². The maximum absolute atomic E-state index is 13.5. The Morgan fingerprint density at radius 2 is 1.56 bits per heavy atom. The number of benzene rings is 3. The van der Waals surface area contributed by atoms with Gasteiger partial charge in [-0.1, -0.05) is 87.7 Å². The minimum atomic E-state index is -0.592. The van der Waals surface area contributed by atoms with Crippen molar-refractivity contribution in [3.05, 3.63) is 105 Å². The number of carbonyl (C=O) groups is 2. The first-order valence-electron chi connectivity index (χ1n) is 11.3. The standard InChI is InChI=1S/C28H31BrN2O2S/c1-20-13-21(2)15-24(14-20)18-34-19-27(32)31(17-23-9-11-25(29)12-10-23)26(28(33)30-3)16-22-7-5-4-6-8-22/h4-15,26H,16-19H2,1-3H3,(H,30,33). The van der Waals surface area contributed by atoms with Crippen LogP contribution in [0.25, 0.3) is 0 Å². The molecular formula is C28H31BrN2O2S. The highest BCUT2D eigenvalue weighted by atomic mass is 79.9. The Hall–Kier alpha value is -2.57. The molecule has 0 saturated heterocycles. The molecule has 178 valence electrons. The topological polar surface area (TPSA) is 49.4 Å². The highest BCUT2D eigenvalue weighted by molar-refractivity contribution is 9.10. The monoisotopic (exact) mass is 538 g/mol. The Labute approximate surface area is 215 Å². The molecular weight excluding hydrogens is 508 g/mol. The summed E-state index contributed by atoms with van der Waals surface area (Å²) in [5, 5.41) is 2.76. The number of nitrogens with one attached hydrogen (secondary N) is 1. The highest BCUT2D eigenvalue weighted by Gasteiger charge is 2.29. The summed E-state index contributed by atoms with van der Waals surface area (Å²) in [5.74, 6) is 0.866. The van der Waals surface area contributed by atoms with Crippen LogP contribution in [-0.4, -0.2) is 35.6 Å². The molecule has 0 aliphatic rings. The average Bonchev–Trinajstić information content (AvgIpc) is 2.82. The molecule has 1 unspecified atom stereocenters. The number of hydrogen-bond acceptors (Lipinski definition) is 3. The van der Waals surface area contributed by atoms with Crippen molar-refractivity contribution >= 4 is 39.5 Å². The second-order valence-corrected chi connectivity index (χ2v) is 10.4. The zero-order valence-electron chi connectivity index (χ0n) is 19.9. The fraction of sp³-hybridized carbons (Fsp3) is 0.286. The van der Waals surface area contributed by atoms with Crippen molar-refractivity contribution in [3.8, 4) is 0 Å². The molecule has 6 heteroatoms. The quantitative estimate of drug-likeness (QED) is 0.361. The Kier molecular flexibility index (Phi) is 9.78. The van der Waals surface area contributed by atoms with Crippen LogP contribution < -0.4 is 5.32 Å². The third-order valence-electron chi connectivity index (χ3n) is 5.56. The lowest BCUT2D eigenvalue weighted by molar-refractivity contribution is -0.139. The number of halogens is 1. The highest BCUT2D eigenvalue weighted by Crippen LogP contribution is 2.20. The van der Waals surface area contributed by atoms with E-state index in [4.69, 9.17) is 0 Å². The van der Waals surface area contributed by atoms with Gasteiger partial charge in [0.15, 0.2) is 0 Å². The number of rotatable bonds is 10. The summed E-state index contributed by atoms with van der Waals surface area (Å²) in [6, 6.07) is 23.6. The third-order valence-corrected chi connectivity index (χ3v) is 7.08. The summed E-state index contributed by atoms with van der Waals surface area (Å²) in [6.07, 6.45) is 0.463. The number of likely N-dealkylation sites (N-methyl/N-ethyl adjacent to an activating group) is 1. The average molecular weight is 540 g/mol. The van der Waals surface area contributed by atoms with Crippen molar-refractivity contribution in [1.82, 2.24) is 10.2 Å². The van der Waals surface area contributed by atoms with E-state index in [-0.39, 0.29) is 11.8 Å². The van der Waals surface area contributed by atoms with E-state index < -0.39 is 6.04 Å². The Morgan fingerprint density at radius 3 is 2.18 bits per heavy atom. The smallest absolute Gasteiger partial charge is 0.242 e. The van der Waals surface area contributed by atoms with Crippen LogP contribution in [0.4, 0.5) is 0 Å². The van der Waals surface area contributed by atoms with Gasteiger partial charge in [0.2, 0.25) is 11.8 Å². The maximum Gasteiger partial charge on any atom is 0.242 e. The van der Waals surface area contributed by atoms with Gasteiger partial charge in [0.25, 0.3) is 0 Å². The van der Waals surface area contributed by atoms with Crippen molar-refractivity contribution in [2.75, 3.05) is 12.8 Å². The van der Waals surface area contributed by atoms with Crippen LogP contribution in [0.1, 0.15) is 27.8 Å². The van der Waals surface area contributed by atoms with Gasteiger partial charge in [-0.05, 0) is 42.7 Å². The van der Waals surface area contributed by atoms with Crippen LogP contribution in [0.5, 0.6) is 0 Å². The molecule has 0 fully saturated rings. The van der Waals surface area contributed by atoms with Crippen LogP contribution in [0.3, 0.4) is 0 Å². The van der Waals surface area contributed by atoms with Crippen LogP contribution >= 0.6 is 27.7 Å². The van der Waals surface area contributed by atoms with E-state index in [1.165, 1.54) is 16.7 Å². The summed E-state index contributed by atoms with van der Waals surface area (Å²) in [4.78, 5) is 28.2. The van der Waals surface area contributed by atoms with Crippen molar-refractivity contribution in [3.63, 3.8) is 0 Å². The summed E-state index contributed by atoms with van der Waals surface area (Å²) in [5.41, 5.74) is 5.66. The Bertz CT molecular complexity index is 1080. The van der Waals surface area contributed by atoms with Gasteiger partial charge < -0.3 is 10.2 Å². The first-order valence-corrected chi connectivity index (χ1v) is 13.2. The normalized spacial score (nSPS) is 11.6. The van der Waals surface area contributed by atoms with Crippen LogP contribution in [0, 0.1) is 13.8 Å². The first kappa shape index (κ1) is 26.0. The van der Waals surface area contributed by atoms with Gasteiger partial charge in [0, 0.05) is 30.2 Å². The molecule has 2 amide bonds. The van der Waals surface area contributed by atoms with Crippen LogP contribution in [0.2, 0.25) is 0 Å². The molecule has 34 heavy (non-hydrogen) atoms. The molecule has 3 aromatic carbocycles. The number of amides is 2. The van der Waals surface area contributed by atoms with Gasteiger partial charge in [-0.25, -0.2) is 0 Å². The molecule has 0 aliphatic heterocycles. The molecule has 4 nitrogen and oxygen atoms in total. The summed E-state index contributed by atoms with van der Waals surface area (Å²) >= 11 is 5.05. The summed E-state index contributed by atoms with van der Waals surface area (Å²) in [7, 11) is 1.62. The fourth-order valence-corrected chi connectivity index (χ4v) is 5.11. The fourth-order valence-electron chi connectivity index (χ4n) is 4.00. The zero-order valence-corrected chi connectivity index (χ0v) is 22.3. The van der Waals surface area contributed by atoms with Gasteiger partial charge >= 0.3 is 0 Å². The van der Waals surface area contributed by atoms with Gasteiger partial charge in [-0.2, -0.15) is 0 Å². The molecule has 0 saturated carbocycles. The molecule has 0 heterocycles. The van der Waals surface area contributed by atoms with E-state index in [0.29, 0.717) is 18.7 Å². The lowest BCUT2D eigenvalue weighted by Crippen LogP contribution is -2.50. The molecule has 0 bridgehead atoms. The minimum absolute atomic E-state index is 0.0400. The van der Waals surface area contributed by atoms with Gasteiger partial charge in [-0.15, -0.1) is 11.8 Å². The molecule has 0 aliphatic carbocycles. The first-order chi connectivity index (χ1) is 16.4. The predicted molar refractivity (Wildman–Crippen MR) is 145 cm³/mol. The third kappa shape index (κ3) is 7.74. The zero-order chi connectivity index (χ0) is 24.5. The molecule has 1 atom stereocenters. The second-order valence-electron chi connectivity index (χ2n) is 8.46. The SMILES string of the molecule is CNC(=O)C(Cc1ccccc1)N(Cc1ccc(Br)cc1)C(=O)CSCc1cc(C)cc(C)c1. The van der Waals surface area contributed by atoms with E-state index >= 15 is 0 Å². The summed E-state index contributed by atoms with van der Waals surface area (Å²) < 4.78 is 0.977. The van der Waals surface area contributed by atoms with E-state index in [2.05, 4.69) is 53.3 Å². The van der Waals surface area contributed by atoms with Gasteiger partial charge in [0.05, 0.1) is 5.75 Å². The van der Waals surface area contributed by atoms with Gasteiger partial charge in [0.1, 0.15) is 6.04 Å². The summed E-state index contributed by atoms with van der Waals surface area (Å²) in [6.45, 7) is 4.55. The number of thioether (sulfide) groups is 1. The molecule has 0 aromatic heterocycles. The molecule has 3 rings (SSSR count). The maximum atomic E-state index is 13.5. The largest absolute Gasteiger partial charge is 0.357 e. The minimum Gasteiger partial charge on any atom is -0.357 e. The molecule has 3 aromatic rings. The van der Waals surface area contributed by atoms with Crippen LogP contribution in [0.15, 0.2) is 77.3 Å². The van der Waals surface area contributed by atoms with Crippen molar-refractivity contribution in [1.29, 1.82) is 0 Å². The number of nitrogens with zero attached hydrogens (tertiary/aromatic N) is 1. The van der Waals surface area contributed by atoms with E-state index in [1.807, 2.05) is 54.6 Å². The number of aryl methyl sites for hydroxylation is 2. The number of carbonyl (C=O) groups excluding carboxylic acids is 2. The van der Waals surface area contributed by atoms with E-state index in [0.717, 1.165) is 21.4 Å². The van der Waals surface area contributed by atoms with Crippen molar-refractivity contribution in [2.45, 2.75) is 38.6 Å². The Balaban J connectivity index is 1.80. The molecule has 1 N–H and O–H groups in total. The lowest BCUT2D eigenvalue weighted by Gasteiger charge is -2.31. The van der Waals surface area contributed by atoms with E-state index in [1.54, 1.807) is 23.7 Å². The van der Waals surface area contributed by atoms with E-state index in [9.17, 15) is 9.59 Å². The lowest BCUT2D eigenvalue weighted by atomic mass is 10.0. The van der Waals surface area contributed by atoms with Crippen molar-refractivity contribution in [2.24, 2.45) is 0 Å². The van der Waals surface area contributed by atoms with Gasteiger partial charge in [-0.3, -0.25) is 9.59 Å².